The Balaban J connectivity index is 1.43. The molecule has 0 aliphatic rings. The van der Waals surface area contributed by atoms with E-state index in [1.807, 2.05) is 54.2 Å². The van der Waals surface area contributed by atoms with Gasteiger partial charge in [-0.3, -0.25) is 4.79 Å². The first-order chi connectivity index (χ1) is 13.0. The second-order valence-electron chi connectivity index (χ2n) is 6.41. The van der Waals surface area contributed by atoms with Crippen molar-refractivity contribution in [2.75, 3.05) is 13.7 Å². The highest BCUT2D eigenvalue weighted by Crippen LogP contribution is 2.17. The van der Waals surface area contributed by atoms with Gasteiger partial charge in [-0.15, -0.1) is 11.3 Å². The second kappa shape index (κ2) is 8.81. The Hall–Kier alpha value is -2.67. The van der Waals surface area contributed by atoms with Crippen LogP contribution < -0.4 is 10.1 Å². The maximum absolute atomic E-state index is 12.0. The lowest BCUT2D eigenvalue weighted by molar-refractivity contribution is -0.121. The normalized spacial score (nSPS) is 10.8. The molecule has 0 fully saturated rings. The first kappa shape index (κ1) is 19.1. The van der Waals surface area contributed by atoms with Crippen molar-refractivity contribution in [2.45, 2.75) is 33.1 Å². The summed E-state index contributed by atoms with van der Waals surface area (Å²) in [6, 6.07) is 9.83. The van der Waals surface area contributed by atoms with E-state index in [-0.39, 0.29) is 5.91 Å². The van der Waals surface area contributed by atoms with Crippen molar-refractivity contribution < 1.29 is 9.53 Å². The molecule has 0 aliphatic heterocycles. The minimum absolute atomic E-state index is 0.0554. The summed E-state index contributed by atoms with van der Waals surface area (Å²) in [5.41, 5.74) is 4.14. The lowest BCUT2D eigenvalue weighted by Crippen LogP contribution is -2.25. The number of nitrogens with one attached hydrogen (secondary N) is 1. The van der Waals surface area contributed by atoms with Crippen LogP contribution in [0.2, 0.25) is 0 Å². The summed E-state index contributed by atoms with van der Waals surface area (Å²) in [6.07, 6.45) is 1.90. The van der Waals surface area contributed by atoms with Gasteiger partial charge in [0.05, 0.1) is 18.5 Å². The highest BCUT2D eigenvalue weighted by molar-refractivity contribution is 7.12. The van der Waals surface area contributed by atoms with Gasteiger partial charge in [0.15, 0.2) is 0 Å². The number of hydrogen-bond donors (Lipinski definition) is 1. The molecule has 0 bridgehead atoms. The van der Waals surface area contributed by atoms with E-state index in [4.69, 9.17) is 4.74 Å². The molecule has 0 saturated carbocycles. The standard InChI is InChI=1S/C20H24N4O2S/c1-14-12-15(2)24(23-14)20-22-17(13-27-20)10-11-21-19(25)9-6-16-4-7-18(26-3)8-5-16/h4-5,7-8,12-13H,6,9-11H2,1-3H3,(H,21,25). The van der Waals surface area contributed by atoms with Crippen LogP contribution >= 0.6 is 11.3 Å². The number of ether oxygens (including phenoxy) is 1. The smallest absolute Gasteiger partial charge is 0.220 e. The topological polar surface area (TPSA) is 69.0 Å². The fourth-order valence-corrected chi connectivity index (χ4v) is 3.67. The van der Waals surface area contributed by atoms with Crippen LogP contribution in [-0.2, 0) is 17.6 Å². The molecule has 0 unspecified atom stereocenters. The number of methoxy groups -OCH3 is 1. The van der Waals surface area contributed by atoms with Crippen LogP contribution in [0.15, 0.2) is 35.7 Å². The van der Waals surface area contributed by atoms with E-state index < -0.39 is 0 Å². The van der Waals surface area contributed by atoms with E-state index in [9.17, 15) is 4.79 Å². The Morgan fingerprint density at radius 2 is 2.00 bits per heavy atom. The van der Waals surface area contributed by atoms with Gasteiger partial charge in [0, 0.05) is 30.5 Å². The fraction of sp³-hybridized carbons (Fsp3) is 0.350. The summed E-state index contributed by atoms with van der Waals surface area (Å²) in [5, 5.41) is 10.3. The van der Waals surface area contributed by atoms with E-state index in [1.54, 1.807) is 18.4 Å². The lowest BCUT2D eigenvalue weighted by atomic mass is 10.1. The minimum atomic E-state index is 0.0554. The summed E-state index contributed by atoms with van der Waals surface area (Å²) in [6.45, 7) is 4.57. The summed E-state index contributed by atoms with van der Waals surface area (Å²) in [5.74, 6) is 0.881. The van der Waals surface area contributed by atoms with Gasteiger partial charge in [-0.05, 0) is 44.0 Å². The molecule has 1 aromatic carbocycles. The molecule has 1 amide bonds. The number of amides is 1. The van der Waals surface area contributed by atoms with Gasteiger partial charge in [0.2, 0.25) is 11.0 Å². The van der Waals surface area contributed by atoms with Crippen LogP contribution in [0.5, 0.6) is 5.75 Å². The first-order valence-corrected chi connectivity index (χ1v) is 9.81. The fourth-order valence-electron chi connectivity index (χ4n) is 2.80. The highest BCUT2D eigenvalue weighted by atomic mass is 32.1. The van der Waals surface area contributed by atoms with Crippen LogP contribution in [-0.4, -0.2) is 34.3 Å². The van der Waals surface area contributed by atoms with Gasteiger partial charge in [0.25, 0.3) is 0 Å². The average molecular weight is 385 g/mol. The predicted molar refractivity (Wildman–Crippen MR) is 107 cm³/mol. The molecule has 0 atom stereocenters. The summed E-state index contributed by atoms with van der Waals surface area (Å²) in [7, 11) is 1.64. The molecule has 142 valence electrons. The molecule has 2 heterocycles. The summed E-state index contributed by atoms with van der Waals surface area (Å²) in [4.78, 5) is 16.7. The number of benzene rings is 1. The van der Waals surface area contributed by atoms with Crippen molar-refractivity contribution in [2.24, 2.45) is 0 Å². The van der Waals surface area contributed by atoms with Gasteiger partial charge in [-0.2, -0.15) is 5.10 Å². The maximum atomic E-state index is 12.0. The van der Waals surface area contributed by atoms with Crippen molar-refractivity contribution in [1.82, 2.24) is 20.1 Å². The number of rotatable bonds is 8. The summed E-state index contributed by atoms with van der Waals surface area (Å²) < 4.78 is 7.00. The Morgan fingerprint density at radius 1 is 1.22 bits per heavy atom. The molecule has 0 saturated heterocycles. The molecule has 1 N–H and O–H groups in total. The molecule has 7 heteroatoms. The second-order valence-corrected chi connectivity index (χ2v) is 7.24. The predicted octanol–water partition coefficient (Wildman–Crippen LogP) is 3.25. The van der Waals surface area contributed by atoms with Gasteiger partial charge in [-0.25, -0.2) is 9.67 Å². The van der Waals surface area contributed by atoms with E-state index in [0.29, 0.717) is 25.8 Å². The third-order valence-corrected chi connectivity index (χ3v) is 5.10. The quantitative estimate of drug-likeness (QED) is 0.647. The Bertz CT molecular complexity index is 899. The zero-order chi connectivity index (χ0) is 19.2. The zero-order valence-electron chi connectivity index (χ0n) is 15.9. The number of nitrogens with zero attached hydrogens (tertiary/aromatic N) is 3. The molecule has 0 radical (unpaired) electrons. The molecule has 6 nitrogen and oxygen atoms in total. The number of aromatic nitrogens is 3. The van der Waals surface area contributed by atoms with Crippen molar-refractivity contribution in [1.29, 1.82) is 0 Å². The van der Waals surface area contributed by atoms with Crippen LogP contribution in [0.3, 0.4) is 0 Å². The maximum Gasteiger partial charge on any atom is 0.220 e. The third kappa shape index (κ3) is 5.17. The van der Waals surface area contributed by atoms with Crippen LogP contribution in [0, 0.1) is 13.8 Å². The molecule has 3 aromatic rings. The number of aryl methyl sites for hydroxylation is 3. The van der Waals surface area contributed by atoms with Gasteiger partial charge in [0.1, 0.15) is 5.75 Å². The van der Waals surface area contributed by atoms with Crippen molar-refractivity contribution in [3.63, 3.8) is 0 Å². The SMILES string of the molecule is COc1ccc(CCC(=O)NCCc2csc(-n3nc(C)cc3C)n2)cc1. The van der Waals surface area contributed by atoms with Gasteiger partial charge in [-0.1, -0.05) is 12.1 Å². The molecule has 0 spiro atoms. The van der Waals surface area contributed by atoms with Crippen molar-refractivity contribution in [3.8, 4) is 10.9 Å². The van der Waals surface area contributed by atoms with Crippen molar-refractivity contribution in [3.05, 3.63) is 58.4 Å². The zero-order valence-corrected chi connectivity index (χ0v) is 16.7. The Morgan fingerprint density at radius 3 is 2.67 bits per heavy atom. The number of carbonyl (C=O) groups is 1. The molecule has 3 rings (SSSR count). The Kier molecular flexibility index (Phi) is 6.24. The average Bonchev–Trinajstić information content (AvgIpc) is 3.26. The molecular formula is C20H24N4O2S. The van der Waals surface area contributed by atoms with Crippen LogP contribution in [0.1, 0.15) is 29.1 Å². The number of carbonyl (C=O) groups excluding carboxylic acids is 1. The monoisotopic (exact) mass is 384 g/mol. The van der Waals surface area contributed by atoms with Crippen molar-refractivity contribution >= 4 is 17.2 Å². The van der Waals surface area contributed by atoms with E-state index in [2.05, 4.69) is 15.4 Å². The molecular weight excluding hydrogens is 360 g/mol. The molecule has 0 aliphatic carbocycles. The van der Waals surface area contributed by atoms with E-state index >= 15 is 0 Å². The summed E-state index contributed by atoms with van der Waals surface area (Å²) >= 11 is 1.57. The lowest BCUT2D eigenvalue weighted by Gasteiger charge is -2.05. The van der Waals surface area contributed by atoms with Crippen LogP contribution in [0.4, 0.5) is 0 Å². The van der Waals surface area contributed by atoms with Gasteiger partial charge >= 0.3 is 0 Å². The number of thiazole rings is 1. The highest BCUT2D eigenvalue weighted by Gasteiger charge is 2.09. The van der Waals surface area contributed by atoms with Gasteiger partial charge < -0.3 is 10.1 Å². The minimum Gasteiger partial charge on any atom is -0.497 e. The van der Waals surface area contributed by atoms with E-state index in [1.165, 1.54) is 0 Å². The number of hydrogen-bond acceptors (Lipinski definition) is 5. The first-order valence-electron chi connectivity index (χ1n) is 8.93. The third-order valence-electron chi connectivity index (χ3n) is 4.23. The Labute approximate surface area is 163 Å². The molecule has 2 aromatic heterocycles. The van der Waals surface area contributed by atoms with Crippen LogP contribution in [0.25, 0.3) is 5.13 Å². The largest absolute Gasteiger partial charge is 0.497 e. The molecule has 27 heavy (non-hydrogen) atoms. The van der Waals surface area contributed by atoms with E-state index in [0.717, 1.165) is 33.5 Å².